The fourth-order valence-electron chi connectivity index (χ4n) is 15.0. The van der Waals surface area contributed by atoms with E-state index >= 15 is 4.79 Å². The van der Waals surface area contributed by atoms with Crippen LogP contribution in [-0.2, 0) is 53.4 Å². The Labute approximate surface area is 588 Å². The Bertz CT molecular complexity index is 2380. The fraction of sp³-hybridized carbons (Fsp3) is 0.831. The number of hydrogen-bond donors (Lipinski definition) is 1. The largest absolute Gasteiger partial charge is 0.497 e. The second-order valence-electron chi connectivity index (χ2n) is 31.9. The number of thioether (sulfide) groups is 2. The molecule has 0 aliphatic carbocycles. The maximum atomic E-state index is 15.1. The van der Waals surface area contributed by atoms with E-state index in [-0.39, 0.29) is 70.6 Å². The van der Waals surface area contributed by atoms with Gasteiger partial charge in [-0.2, -0.15) is 0 Å². The molecule has 0 amide bonds. The van der Waals surface area contributed by atoms with Gasteiger partial charge >= 0.3 is 5.97 Å². The van der Waals surface area contributed by atoms with E-state index < -0.39 is 72.9 Å². The van der Waals surface area contributed by atoms with E-state index in [1.807, 2.05) is 39.8 Å². The highest BCUT2D eigenvalue weighted by Gasteiger charge is 2.52. The summed E-state index contributed by atoms with van der Waals surface area (Å²) in [6, 6.07) is 11.1. The van der Waals surface area contributed by atoms with E-state index in [9.17, 15) is 5.11 Å². The van der Waals surface area contributed by atoms with Gasteiger partial charge < -0.3 is 51.9 Å². The van der Waals surface area contributed by atoms with Crippen LogP contribution in [0.5, 0.6) is 5.75 Å². The van der Waals surface area contributed by atoms with Gasteiger partial charge in [0.25, 0.3) is 0 Å². The van der Waals surface area contributed by atoms with Crippen molar-refractivity contribution in [2.75, 3.05) is 45.7 Å². The molecule has 2 aliphatic rings. The molecule has 3 rings (SSSR count). The van der Waals surface area contributed by atoms with Crippen molar-refractivity contribution in [3.05, 3.63) is 65.3 Å². The normalized spacial score (nSPS) is 22.0. The van der Waals surface area contributed by atoms with Crippen LogP contribution in [0.3, 0.4) is 0 Å². The molecule has 2 saturated heterocycles. The van der Waals surface area contributed by atoms with Gasteiger partial charge in [0.2, 0.25) is 8.32 Å². The first-order valence-corrected chi connectivity index (χ1v) is 46.9. The van der Waals surface area contributed by atoms with Crippen LogP contribution in [0.2, 0.25) is 59.9 Å². The highest BCUT2D eigenvalue weighted by molar-refractivity contribution is 8.18. The number of hydrogen-bond acceptors (Lipinski definition) is 14. The van der Waals surface area contributed by atoms with Gasteiger partial charge in [0, 0.05) is 46.0 Å². The third-order valence-electron chi connectivity index (χ3n) is 21.1. The number of methoxy groups -OCH3 is 2. The van der Waals surface area contributed by atoms with Gasteiger partial charge in [-0.15, -0.1) is 23.5 Å². The number of allylic oxidation sites excluding steroid dienone is 4. The Morgan fingerprint density at radius 1 is 0.755 bits per heavy atom. The first kappa shape index (κ1) is 86.9. The van der Waals surface area contributed by atoms with E-state index in [0.29, 0.717) is 48.4 Å². The SMILES string of the molecule is C/C=C\[C@H](C)/C=C(\C)[C@@H](O[Si](CC)(CC)C(C)C)[C@H]1COC(C)(C)O[C@@H]1[C@H](C)CCC1([C@@H](C)/C=C(\C)[C@H](O[Si](C(C)C)(C(C)C)C(C)C)[C@@H](C)[C@H](OCc2ccc(OC)cc2)[C@@H](C)[C@H](OC)[C@@H](OCOCC[Si](C)(C)C)C(=O)OC(CC(O)C(C)C)C(C)C)SCCCS1. The summed E-state index contributed by atoms with van der Waals surface area (Å²) in [5.74, 6) is 1.59. The minimum Gasteiger partial charge on any atom is -0.497 e. The smallest absolute Gasteiger partial charge is 0.338 e. The van der Waals surface area contributed by atoms with Crippen LogP contribution in [0.4, 0.5) is 0 Å². The number of ether oxygens (including phenoxy) is 8. The highest BCUT2D eigenvalue weighted by atomic mass is 32.2. The molecule has 94 heavy (non-hydrogen) atoms. The Balaban J connectivity index is 2.34. The van der Waals surface area contributed by atoms with E-state index in [1.165, 1.54) is 17.6 Å². The number of carbonyl (C=O) groups excluding carboxylic acids is 1. The molecular formula is C77H142O12S2Si3. The van der Waals surface area contributed by atoms with Crippen LogP contribution < -0.4 is 4.74 Å². The van der Waals surface area contributed by atoms with Gasteiger partial charge in [-0.25, -0.2) is 4.79 Å². The van der Waals surface area contributed by atoms with Crippen molar-refractivity contribution in [3.8, 4) is 5.75 Å². The predicted octanol–water partition coefficient (Wildman–Crippen LogP) is 20.4. The molecule has 0 aromatic heterocycles. The first-order chi connectivity index (χ1) is 43.9. The van der Waals surface area contributed by atoms with Gasteiger partial charge in [-0.1, -0.05) is 188 Å². The molecule has 12 nitrogen and oxygen atoms in total. The third kappa shape index (κ3) is 25.0. The Kier molecular flexibility index (Phi) is 37.3. The third-order valence-corrected chi connectivity index (χ3v) is 38.0. The summed E-state index contributed by atoms with van der Waals surface area (Å²) in [7, 11) is -2.89. The van der Waals surface area contributed by atoms with E-state index in [1.54, 1.807) is 14.2 Å². The molecule has 17 heteroatoms. The number of carbonyl (C=O) groups is 1. The van der Waals surface area contributed by atoms with Crippen LogP contribution in [0, 0.1) is 47.3 Å². The van der Waals surface area contributed by atoms with Gasteiger partial charge in [-0.3, -0.25) is 0 Å². The Morgan fingerprint density at radius 3 is 1.85 bits per heavy atom. The predicted molar refractivity (Wildman–Crippen MR) is 407 cm³/mol. The lowest BCUT2D eigenvalue weighted by Crippen LogP contribution is -2.55. The molecule has 14 atom stereocenters. The van der Waals surface area contributed by atoms with Crippen molar-refractivity contribution in [2.45, 2.75) is 317 Å². The average Bonchev–Trinajstić information content (AvgIpc) is 0.791. The Hall–Kier alpha value is -1.30. The zero-order valence-corrected chi connectivity index (χ0v) is 69.7. The molecule has 1 aromatic carbocycles. The summed E-state index contributed by atoms with van der Waals surface area (Å²) >= 11 is 4.29. The van der Waals surface area contributed by atoms with Crippen molar-refractivity contribution in [1.29, 1.82) is 0 Å². The molecular weight excluding hydrogens is 1270 g/mol. The second-order valence-corrected chi connectivity index (χ2v) is 51.0. The van der Waals surface area contributed by atoms with Crippen LogP contribution >= 0.6 is 23.5 Å². The molecule has 0 spiro atoms. The summed E-state index contributed by atoms with van der Waals surface area (Å²) in [6.45, 7) is 62.3. The number of aliphatic hydroxyl groups excluding tert-OH is 1. The lowest BCUT2D eigenvalue weighted by molar-refractivity contribution is -0.309. The summed E-state index contributed by atoms with van der Waals surface area (Å²) in [5, 5.41) is 11.2. The molecule has 2 heterocycles. The molecule has 2 unspecified atom stereocenters. The summed E-state index contributed by atoms with van der Waals surface area (Å²) in [6.07, 6.45) is 8.54. The van der Waals surface area contributed by atoms with Crippen LogP contribution in [0.1, 0.15) is 197 Å². The molecule has 1 aromatic rings. The van der Waals surface area contributed by atoms with Crippen LogP contribution in [0.15, 0.2) is 59.7 Å². The standard InChI is InChI=1S/C77H142O12S2Si3/c1-30-34-57(16)45-59(18)71(88-93(31-2,32-3)53(8)9)66-49-85-76(23,24)87-70(66)58(17)39-40-77(90-42-33-43-91-77)61(20)46-60(19)69(89-94(54(10)11,55(12)13)56(14)15)62(21)72(83-48-64-35-37-65(80-25)38-36-64)63(22)73(81-26)74(84-50-82-41-44-92(27,28)29)75(79)86-68(52(6)7)47-67(78)51(4)5/h30,34-38,45-46,51-58,61-63,66-74,78H,31-33,39-44,47-50H2,1-29H3/b34-30-,59-45+,60-46+/t57-,58+,61-,62+,63+,66-,67?,68?,69-,70+,71+,72-,73-,74+/m0/s1. The van der Waals surface area contributed by atoms with Gasteiger partial charge in [0.1, 0.15) is 18.6 Å². The van der Waals surface area contributed by atoms with Gasteiger partial charge in [0.15, 0.2) is 20.2 Å². The van der Waals surface area contributed by atoms with E-state index in [4.69, 9.17) is 46.7 Å². The lowest BCUT2D eigenvalue weighted by Gasteiger charge is -2.49. The summed E-state index contributed by atoms with van der Waals surface area (Å²) in [5.41, 5.74) is 4.84. The molecule has 2 aliphatic heterocycles. The first-order valence-electron chi connectivity index (χ1n) is 36.7. The van der Waals surface area contributed by atoms with Crippen molar-refractivity contribution < 1.29 is 56.6 Å². The maximum Gasteiger partial charge on any atom is 0.338 e. The van der Waals surface area contributed by atoms with Gasteiger partial charge in [0.05, 0.1) is 61.0 Å². The minimum absolute atomic E-state index is 0.0113. The minimum atomic E-state index is -2.62. The summed E-state index contributed by atoms with van der Waals surface area (Å²) in [4.78, 5) is 15.1. The van der Waals surface area contributed by atoms with E-state index in [0.717, 1.165) is 53.8 Å². The monoisotopic (exact) mass is 1410 g/mol. The molecule has 546 valence electrons. The zero-order chi connectivity index (χ0) is 71.3. The highest BCUT2D eigenvalue weighted by Crippen LogP contribution is 2.54. The van der Waals surface area contributed by atoms with Crippen molar-refractivity contribution in [1.82, 2.24) is 0 Å². The molecule has 0 bridgehead atoms. The topological polar surface area (TPSA) is 130 Å². The molecule has 0 radical (unpaired) electrons. The molecule has 0 saturated carbocycles. The second kappa shape index (κ2) is 40.4. The number of aliphatic hydroxyl groups is 1. The zero-order valence-electron chi connectivity index (χ0n) is 65.1. The number of esters is 1. The average molecular weight is 1410 g/mol. The fourth-order valence-corrected chi connectivity index (χ4v) is 28.5. The summed E-state index contributed by atoms with van der Waals surface area (Å²) < 4.78 is 68.7. The number of rotatable bonds is 43. The maximum absolute atomic E-state index is 15.1. The van der Waals surface area contributed by atoms with Crippen molar-refractivity contribution in [2.24, 2.45) is 47.3 Å². The van der Waals surface area contributed by atoms with Crippen LogP contribution in [0.25, 0.3) is 0 Å². The molecule has 1 N–H and O–H groups in total. The Morgan fingerprint density at radius 2 is 1.35 bits per heavy atom. The van der Waals surface area contributed by atoms with Gasteiger partial charge in [-0.05, 0) is 164 Å². The number of benzene rings is 1. The van der Waals surface area contributed by atoms with E-state index in [2.05, 4.69) is 218 Å². The van der Waals surface area contributed by atoms with Crippen molar-refractivity contribution >= 4 is 54.2 Å². The molecule has 2 fully saturated rings. The lowest BCUT2D eigenvalue weighted by atomic mass is 9.80. The quantitative estimate of drug-likeness (QED) is 0.0219. The van der Waals surface area contributed by atoms with Crippen LogP contribution in [-0.4, -0.2) is 140 Å². The van der Waals surface area contributed by atoms with Crippen molar-refractivity contribution in [3.63, 3.8) is 0 Å².